The first-order chi connectivity index (χ1) is 10.5. The lowest BCUT2D eigenvalue weighted by atomic mass is 9.47. The quantitative estimate of drug-likeness (QED) is 0.572. The van der Waals surface area contributed by atoms with Gasteiger partial charge in [0.25, 0.3) is 0 Å². The molecule has 0 saturated heterocycles. The second-order valence-electron chi connectivity index (χ2n) is 8.60. The van der Waals surface area contributed by atoms with Crippen LogP contribution >= 0.6 is 11.6 Å². The van der Waals surface area contributed by atoms with Gasteiger partial charge >= 0.3 is 0 Å². The molecule has 1 nitrogen and oxygen atoms in total. The van der Waals surface area contributed by atoms with Gasteiger partial charge in [-0.05, 0) is 61.7 Å². The summed E-state index contributed by atoms with van der Waals surface area (Å²) in [6.07, 6.45) is 13.9. The number of allylic oxidation sites excluding steroid dienone is 4. The zero-order valence-corrected chi connectivity index (χ0v) is 14.6. The molecule has 4 aliphatic rings. The third-order valence-electron chi connectivity index (χ3n) is 7.78. The second-order valence-corrected chi connectivity index (χ2v) is 8.97. The van der Waals surface area contributed by atoms with Crippen LogP contribution < -0.4 is 0 Å². The molecule has 0 amide bonds. The monoisotopic (exact) mass is 318 g/mol. The highest BCUT2D eigenvalue weighted by Gasteiger charge is 2.56. The lowest BCUT2D eigenvalue weighted by Crippen LogP contribution is -2.49. The van der Waals surface area contributed by atoms with Crippen LogP contribution in [-0.2, 0) is 4.79 Å². The van der Waals surface area contributed by atoms with E-state index in [4.69, 9.17) is 11.6 Å². The molecule has 3 saturated carbocycles. The first kappa shape index (κ1) is 15.0. The predicted molar refractivity (Wildman–Crippen MR) is 90.6 cm³/mol. The minimum atomic E-state index is -0.0448. The molecule has 22 heavy (non-hydrogen) atoms. The van der Waals surface area contributed by atoms with Crippen LogP contribution in [0.4, 0.5) is 0 Å². The van der Waals surface area contributed by atoms with E-state index in [1.54, 1.807) is 0 Å². The van der Waals surface area contributed by atoms with E-state index < -0.39 is 0 Å². The van der Waals surface area contributed by atoms with Crippen molar-refractivity contribution in [2.75, 3.05) is 0 Å². The van der Waals surface area contributed by atoms with Crippen LogP contribution in [0.1, 0.15) is 65.2 Å². The van der Waals surface area contributed by atoms with Crippen molar-refractivity contribution < 1.29 is 4.79 Å². The van der Waals surface area contributed by atoms with Gasteiger partial charge < -0.3 is 0 Å². The van der Waals surface area contributed by atoms with E-state index in [0.29, 0.717) is 11.3 Å². The number of hydrogen-bond donors (Lipinski definition) is 0. The fourth-order valence-corrected chi connectivity index (χ4v) is 6.78. The molecule has 2 heteroatoms. The summed E-state index contributed by atoms with van der Waals surface area (Å²) < 4.78 is 0. The zero-order valence-electron chi connectivity index (χ0n) is 13.8. The van der Waals surface area contributed by atoms with Crippen molar-refractivity contribution in [1.29, 1.82) is 0 Å². The Morgan fingerprint density at radius 1 is 1.14 bits per heavy atom. The van der Waals surface area contributed by atoms with Crippen molar-refractivity contribution in [3.05, 3.63) is 22.3 Å². The van der Waals surface area contributed by atoms with Crippen LogP contribution in [0.25, 0.3) is 0 Å². The standard InChI is InChI=1S/C20H27ClO/c1-19-9-4-3-5-14(19)6-7-15-16(19)8-10-20(2)17(15)11-13(12-22)18(20)21/h11-12,14-16H,3-10H2,1-2H3. The molecular weight excluding hydrogens is 292 g/mol. The zero-order chi connectivity index (χ0) is 15.5. The van der Waals surface area contributed by atoms with Gasteiger partial charge in [-0.25, -0.2) is 0 Å². The molecule has 0 aliphatic heterocycles. The second kappa shape index (κ2) is 4.97. The van der Waals surface area contributed by atoms with E-state index in [2.05, 4.69) is 19.9 Å². The van der Waals surface area contributed by atoms with Crippen LogP contribution in [0.2, 0.25) is 0 Å². The summed E-state index contributed by atoms with van der Waals surface area (Å²) in [7, 11) is 0. The van der Waals surface area contributed by atoms with E-state index in [9.17, 15) is 4.79 Å². The van der Waals surface area contributed by atoms with Crippen molar-refractivity contribution >= 4 is 17.9 Å². The fourth-order valence-electron chi connectivity index (χ4n) is 6.47. The van der Waals surface area contributed by atoms with Crippen molar-refractivity contribution in [2.24, 2.45) is 28.6 Å². The molecule has 0 bridgehead atoms. The minimum Gasteiger partial charge on any atom is -0.298 e. The van der Waals surface area contributed by atoms with Gasteiger partial charge in [0.15, 0.2) is 6.29 Å². The Morgan fingerprint density at radius 2 is 1.95 bits per heavy atom. The largest absolute Gasteiger partial charge is 0.298 e. The van der Waals surface area contributed by atoms with Gasteiger partial charge in [0.1, 0.15) is 0 Å². The average molecular weight is 319 g/mol. The maximum Gasteiger partial charge on any atom is 0.151 e. The summed E-state index contributed by atoms with van der Waals surface area (Å²) >= 11 is 6.59. The molecule has 0 heterocycles. The highest BCUT2D eigenvalue weighted by atomic mass is 35.5. The van der Waals surface area contributed by atoms with Crippen molar-refractivity contribution in [2.45, 2.75) is 65.2 Å². The molecule has 0 aromatic rings. The molecular formula is C20H27ClO. The number of carbonyl (C=O) groups is 1. The molecule has 120 valence electrons. The van der Waals surface area contributed by atoms with Gasteiger partial charge in [0, 0.05) is 16.0 Å². The Morgan fingerprint density at radius 3 is 2.73 bits per heavy atom. The van der Waals surface area contributed by atoms with E-state index in [1.165, 1.54) is 50.5 Å². The summed E-state index contributed by atoms with van der Waals surface area (Å²) in [6.45, 7) is 4.84. The highest BCUT2D eigenvalue weighted by Crippen LogP contribution is 2.65. The van der Waals surface area contributed by atoms with E-state index in [0.717, 1.165) is 35.1 Å². The van der Waals surface area contributed by atoms with Crippen LogP contribution in [-0.4, -0.2) is 6.29 Å². The lowest BCUT2D eigenvalue weighted by molar-refractivity contribution is -0.104. The van der Waals surface area contributed by atoms with Gasteiger partial charge in [-0.1, -0.05) is 49.9 Å². The van der Waals surface area contributed by atoms with E-state index in [-0.39, 0.29) is 5.41 Å². The Hall–Kier alpha value is -0.560. The third kappa shape index (κ3) is 1.81. The molecule has 5 unspecified atom stereocenters. The molecule has 0 N–H and O–H groups in total. The molecule has 0 aromatic carbocycles. The van der Waals surface area contributed by atoms with E-state index >= 15 is 0 Å². The number of carbonyl (C=O) groups excluding carboxylic acids is 1. The Labute approximate surface area is 139 Å². The van der Waals surface area contributed by atoms with Crippen molar-refractivity contribution in [3.63, 3.8) is 0 Å². The Bertz CT molecular complexity index is 574. The summed E-state index contributed by atoms with van der Waals surface area (Å²) in [6, 6.07) is 0. The first-order valence-electron chi connectivity index (χ1n) is 9.08. The van der Waals surface area contributed by atoms with E-state index in [1.807, 2.05) is 0 Å². The smallest absolute Gasteiger partial charge is 0.151 e. The number of fused-ring (bicyclic) bond motifs is 5. The van der Waals surface area contributed by atoms with Gasteiger partial charge in [-0.2, -0.15) is 0 Å². The number of hydrogen-bond acceptors (Lipinski definition) is 1. The van der Waals surface area contributed by atoms with Gasteiger partial charge in [-0.15, -0.1) is 0 Å². The summed E-state index contributed by atoms with van der Waals surface area (Å²) in [5.41, 5.74) is 2.72. The normalized spacial score (nSPS) is 47.4. The lowest BCUT2D eigenvalue weighted by Gasteiger charge is -2.58. The van der Waals surface area contributed by atoms with Gasteiger partial charge in [0.05, 0.1) is 0 Å². The molecule has 3 fully saturated rings. The minimum absolute atomic E-state index is 0.0448. The van der Waals surface area contributed by atoms with Crippen LogP contribution in [0, 0.1) is 28.6 Å². The number of halogens is 1. The van der Waals surface area contributed by atoms with Crippen LogP contribution in [0.15, 0.2) is 22.3 Å². The summed E-state index contributed by atoms with van der Waals surface area (Å²) in [5, 5.41) is 0.812. The SMILES string of the molecule is CC12CCC3C(CCC4CCCCC43C)C1=CC(C=O)=C2Cl. The fraction of sp³-hybridized carbons (Fsp3) is 0.750. The Kier molecular flexibility index (Phi) is 3.39. The summed E-state index contributed by atoms with van der Waals surface area (Å²) in [5.74, 6) is 2.40. The molecule has 0 spiro atoms. The third-order valence-corrected chi connectivity index (χ3v) is 8.41. The first-order valence-corrected chi connectivity index (χ1v) is 9.46. The average Bonchev–Trinajstić information content (AvgIpc) is 2.78. The topological polar surface area (TPSA) is 17.1 Å². The Balaban J connectivity index is 1.72. The van der Waals surface area contributed by atoms with Crippen LogP contribution in [0.3, 0.4) is 0 Å². The highest BCUT2D eigenvalue weighted by molar-refractivity contribution is 6.33. The summed E-state index contributed by atoms with van der Waals surface area (Å²) in [4.78, 5) is 11.4. The van der Waals surface area contributed by atoms with Gasteiger partial charge in [-0.3, -0.25) is 4.79 Å². The molecule has 5 atom stereocenters. The molecule has 0 aromatic heterocycles. The van der Waals surface area contributed by atoms with Gasteiger partial charge in [0.2, 0.25) is 0 Å². The molecule has 4 aliphatic carbocycles. The number of aldehydes is 1. The predicted octanol–water partition coefficient (Wildman–Crippen LogP) is 5.64. The molecule has 0 radical (unpaired) electrons. The van der Waals surface area contributed by atoms with Crippen molar-refractivity contribution in [1.82, 2.24) is 0 Å². The number of rotatable bonds is 1. The van der Waals surface area contributed by atoms with Crippen molar-refractivity contribution in [3.8, 4) is 0 Å². The maximum absolute atomic E-state index is 11.4. The maximum atomic E-state index is 11.4. The molecule has 4 rings (SSSR count). The van der Waals surface area contributed by atoms with Crippen LogP contribution in [0.5, 0.6) is 0 Å².